The maximum atomic E-state index is 13.2. The highest BCUT2D eigenvalue weighted by Crippen LogP contribution is 2.25. The highest BCUT2D eigenvalue weighted by atomic mass is 32.2. The molecular formula is C11H12FNOS. The first-order chi connectivity index (χ1) is 7.19. The van der Waals surface area contributed by atoms with Gasteiger partial charge in [0, 0.05) is 17.3 Å². The fourth-order valence-corrected chi connectivity index (χ4v) is 2.05. The Bertz CT molecular complexity index is 375. The molecule has 1 aromatic carbocycles. The maximum Gasteiger partial charge on any atom is 0.142 e. The van der Waals surface area contributed by atoms with Gasteiger partial charge in [0.05, 0.1) is 0 Å². The van der Waals surface area contributed by atoms with Gasteiger partial charge in [-0.25, -0.2) is 4.39 Å². The molecule has 0 bridgehead atoms. The summed E-state index contributed by atoms with van der Waals surface area (Å²) in [6.45, 7) is 2.00. The van der Waals surface area contributed by atoms with Crippen LogP contribution in [0.1, 0.15) is 12.5 Å². The average molecular weight is 225 g/mol. The van der Waals surface area contributed by atoms with Gasteiger partial charge in [-0.15, -0.1) is 11.8 Å². The zero-order chi connectivity index (χ0) is 11.3. The summed E-state index contributed by atoms with van der Waals surface area (Å²) >= 11 is 1.40. The van der Waals surface area contributed by atoms with Crippen molar-refractivity contribution in [1.82, 2.24) is 0 Å². The maximum absolute atomic E-state index is 13.2. The van der Waals surface area contributed by atoms with Crippen molar-refractivity contribution in [2.24, 2.45) is 5.92 Å². The Balaban J connectivity index is 2.77. The molecule has 0 amide bonds. The number of aliphatic hydroxyl groups excluding tert-OH is 1. The lowest BCUT2D eigenvalue weighted by molar-refractivity contribution is 0.250. The number of hydrogen-bond donors (Lipinski definition) is 1. The number of benzene rings is 1. The molecule has 0 saturated carbocycles. The molecular weight excluding hydrogens is 213 g/mol. The third-order valence-corrected chi connectivity index (χ3v) is 3.31. The first-order valence-corrected chi connectivity index (χ1v) is 5.60. The third-order valence-electron chi connectivity index (χ3n) is 1.92. The lowest BCUT2D eigenvalue weighted by atomic mass is 10.2. The molecule has 15 heavy (non-hydrogen) atoms. The molecule has 4 heteroatoms. The summed E-state index contributed by atoms with van der Waals surface area (Å²) < 4.78 is 13.2. The van der Waals surface area contributed by atoms with Crippen LogP contribution >= 0.6 is 11.8 Å². The predicted molar refractivity (Wildman–Crippen MR) is 58.1 cm³/mol. The van der Waals surface area contributed by atoms with E-state index in [1.807, 2.05) is 13.0 Å². The van der Waals surface area contributed by atoms with Crippen LogP contribution in [0.15, 0.2) is 23.1 Å². The summed E-state index contributed by atoms with van der Waals surface area (Å²) in [6.07, 6.45) is 0. The largest absolute Gasteiger partial charge is 0.396 e. The highest BCUT2D eigenvalue weighted by molar-refractivity contribution is 7.99. The van der Waals surface area contributed by atoms with Gasteiger partial charge >= 0.3 is 0 Å². The second kappa shape index (κ2) is 5.74. The highest BCUT2D eigenvalue weighted by Gasteiger charge is 2.09. The molecule has 1 unspecified atom stereocenters. The minimum absolute atomic E-state index is 0.0904. The van der Waals surface area contributed by atoms with Crippen molar-refractivity contribution < 1.29 is 9.50 Å². The van der Waals surface area contributed by atoms with Gasteiger partial charge in [0.15, 0.2) is 0 Å². The number of hydrogen-bond acceptors (Lipinski definition) is 3. The first-order valence-electron chi connectivity index (χ1n) is 4.61. The van der Waals surface area contributed by atoms with E-state index in [2.05, 4.69) is 0 Å². The van der Waals surface area contributed by atoms with E-state index in [-0.39, 0.29) is 18.1 Å². The van der Waals surface area contributed by atoms with Crippen LogP contribution in [0.25, 0.3) is 0 Å². The van der Waals surface area contributed by atoms with Crippen molar-refractivity contribution in [3.8, 4) is 6.07 Å². The molecule has 0 saturated heterocycles. The van der Waals surface area contributed by atoms with E-state index in [4.69, 9.17) is 10.4 Å². The average Bonchev–Trinajstić information content (AvgIpc) is 2.25. The van der Waals surface area contributed by atoms with E-state index in [0.717, 1.165) is 0 Å². The van der Waals surface area contributed by atoms with Crippen LogP contribution in [0.2, 0.25) is 0 Å². The summed E-state index contributed by atoms with van der Waals surface area (Å²) in [6, 6.07) is 6.43. The molecule has 0 radical (unpaired) electrons. The minimum atomic E-state index is -0.487. The molecule has 80 valence electrons. The van der Waals surface area contributed by atoms with Crippen LogP contribution < -0.4 is 0 Å². The van der Waals surface area contributed by atoms with Gasteiger partial charge in [-0.05, 0) is 18.1 Å². The molecule has 1 rings (SSSR count). The van der Waals surface area contributed by atoms with Crippen molar-refractivity contribution in [1.29, 1.82) is 5.26 Å². The second-order valence-electron chi connectivity index (χ2n) is 3.32. The van der Waals surface area contributed by atoms with E-state index in [0.29, 0.717) is 10.6 Å². The summed E-state index contributed by atoms with van der Waals surface area (Å²) in [5.74, 6) is 0.332. The van der Waals surface area contributed by atoms with E-state index in [1.165, 1.54) is 17.8 Å². The Morgan fingerprint density at radius 2 is 2.33 bits per heavy atom. The molecule has 0 aliphatic carbocycles. The van der Waals surface area contributed by atoms with E-state index in [9.17, 15) is 4.39 Å². The third kappa shape index (κ3) is 3.22. The van der Waals surface area contributed by atoms with Crippen LogP contribution in [-0.2, 0) is 0 Å². The standard InChI is InChI=1S/C11H12FNOS/c1-8(6-14)7-15-11-4-2-3-10(12)9(11)5-13/h2-4,8,14H,6-7H2,1H3. The molecule has 0 aromatic heterocycles. The predicted octanol–water partition coefficient (Wildman–Crippen LogP) is 2.42. The number of nitrogens with zero attached hydrogens (tertiary/aromatic N) is 1. The van der Waals surface area contributed by atoms with Crippen molar-refractivity contribution >= 4 is 11.8 Å². The molecule has 0 heterocycles. The second-order valence-corrected chi connectivity index (χ2v) is 4.39. The Labute approximate surface area is 92.7 Å². The van der Waals surface area contributed by atoms with Crippen molar-refractivity contribution in [3.05, 3.63) is 29.6 Å². The van der Waals surface area contributed by atoms with Crippen LogP contribution in [0.5, 0.6) is 0 Å². The molecule has 1 atom stereocenters. The van der Waals surface area contributed by atoms with Gasteiger partial charge in [-0.1, -0.05) is 13.0 Å². The zero-order valence-electron chi connectivity index (χ0n) is 8.40. The number of rotatable bonds is 4. The Kier molecular flexibility index (Phi) is 4.60. The quantitative estimate of drug-likeness (QED) is 0.800. The molecule has 1 aromatic rings. The van der Waals surface area contributed by atoms with Crippen molar-refractivity contribution in [2.45, 2.75) is 11.8 Å². The van der Waals surface area contributed by atoms with Crippen molar-refractivity contribution in [3.63, 3.8) is 0 Å². The zero-order valence-corrected chi connectivity index (χ0v) is 9.22. The fraction of sp³-hybridized carbons (Fsp3) is 0.364. The van der Waals surface area contributed by atoms with Crippen molar-refractivity contribution in [2.75, 3.05) is 12.4 Å². The number of aliphatic hydroxyl groups is 1. The SMILES string of the molecule is CC(CO)CSc1cccc(F)c1C#N. The monoisotopic (exact) mass is 225 g/mol. The van der Waals surface area contributed by atoms with E-state index in [1.54, 1.807) is 12.1 Å². The summed E-state index contributed by atoms with van der Waals surface area (Å²) in [5, 5.41) is 17.6. The lowest BCUT2D eigenvalue weighted by Gasteiger charge is -2.08. The summed E-state index contributed by atoms with van der Waals surface area (Å²) in [4.78, 5) is 0.637. The van der Waals surface area contributed by atoms with Crippen LogP contribution in [0, 0.1) is 23.1 Å². The summed E-state index contributed by atoms with van der Waals surface area (Å²) in [5.41, 5.74) is 0.0904. The Hall–Kier alpha value is -1.05. The van der Waals surface area contributed by atoms with Gasteiger partial charge in [0.1, 0.15) is 17.4 Å². The number of halogens is 1. The van der Waals surface area contributed by atoms with Gasteiger partial charge in [0.2, 0.25) is 0 Å². The fourth-order valence-electron chi connectivity index (χ4n) is 1.02. The van der Waals surface area contributed by atoms with E-state index >= 15 is 0 Å². The Morgan fingerprint density at radius 3 is 2.93 bits per heavy atom. The van der Waals surface area contributed by atoms with Gasteiger partial charge in [-0.2, -0.15) is 5.26 Å². The topological polar surface area (TPSA) is 44.0 Å². The van der Waals surface area contributed by atoms with Crippen LogP contribution in [0.4, 0.5) is 4.39 Å². The normalized spacial score (nSPS) is 12.1. The van der Waals surface area contributed by atoms with Crippen LogP contribution in [0.3, 0.4) is 0 Å². The van der Waals surface area contributed by atoms with Gasteiger partial charge in [0.25, 0.3) is 0 Å². The minimum Gasteiger partial charge on any atom is -0.396 e. The molecule has 1 N–H and O–H groups in total. The molecule has 0 spiro atoms. The first kappa shape index (κ1) is 12.0. The molecule has 0 aliphatic rings. The molecule has 0 fully saturated rings. The van der Waals surface area contributed by atoms with E-state index < -0.39 is 5.82 Å². The van der Waals surface area contributed by atoms with Gasteiger partial charge < -0.3 is 5.11 Å². The van der Waals surface area contributed by atoms with Gasteiger partial charge in [-0.3, -0.25) is 0 Å². The Morgan fingerprint density at radius 1 is 1.60 bits per heavy atom. The smallest absolute Gasteiger partial charge is 0.142 e. The number of nitriles is 1. The molecule has 0 aliphatic heterocycles. The number of thioether (sulfide) groups is 1. The molecule has 2 nitrogen and oxygen atoms in total. The summed E-state index contributed by atoms with van der Waals surface area (Å²) in [7, 11) is 0. The van der Waals surface area contributed by atoms with Crippen LogP contribution in [-0.4, -0.2) is 17.5 Å². The lowest BCUT2D eigenvalue weighted by Crippen LogP contribution is -2.03.